The maximum atomic E-state index is 12.7. The van der Waals surface area contributed by atoms with Gasteiger partial charge in [-0.25, -0.2) is 0 Å². The SMILES string of the molecule is O=C(CCC1CCCCC1)Nc1ccc2c(c1)N(C(=O)c1cccs1)CC2. The Hall–Kier alpha value is -2.14. The average molecular weight is 383 g/mol. The fourth-order valence-corrected chi connectivity index (χ4v) is 4.91. The van der Waals surface area contributed by atoms with Gasteiger partial charge in [-0.1, -0.05) is 44.2 Å². The molecule has 4 nitrogen and oxygen atoms in total. The van der Waals surface area contributed by atoms with Crippen molar-refractivity contribution in [3.63, 3.8) is 0 Å². The molecule has 2 amide bonds. The van der Waals surface area contributed by atoms with Gasteiger partial charge in [0.15, 0.2) is 0 Å². The summed E-state index contributed by atoms with van der Waals surface area (Å²) in [5.41, 5.74) is 2.88. The molecule has 4 rings (SSSR count). The molecule has 0 atom stereocenters. The molecular formula is C22H26N2O2S. The van der Waals surface area contributed by atoms with Crippen molar-refractivity contribution in [1.29, 1.82) is 0 Å². The Labute approximate surface area is 164 Å². The first-order chi connectivity index (χ1) is 13.2. The molecule has 1 fully saturated rings. The molecule has 1 aliphatic carbocycles. The summed E-state index contributed by atoms with van der Waals surface area (Å²) < 4.78 is 0. The molecule has 142 valence electrons. The van der Waals surface area contributed by atoms with Crippen LogP contribution in [0.1, 0.15) is 60.2 Å². The van der Waals surface area contributed by atoms with Gasteiger partial charge < -0.3 is 10.2 Å². The molecule has 2 heterocycles. The Kier molecular flexibility index (Phi) is 5.58. The van der Waals surface area contributed by atoms with Crippen molar-refractivity contribution >= 4 is 34.5 Å². The average Bonchev–Trinajstić information content (AvgIpc) is 3.36. The lowest BCUT2D eigenvalue weighted by Gasteiger charge is -2.21. The van der Waals surface area contributed by atoms with E-state index in [4.69, 9.17) is 0 Å². The van der Waals surface area contributed by atoms with Crippen LogP contribution < -0.4 is 10.2 Å². The van der Waals surface area contributed by atoms with Crippen molar-refractivity contribution in [2.45, 2.75) is 51.4 Å². The van der Waals surface area contributed by atoms with Crippen LogP contribution in [0.2, 0.25) is 0 Å². The lowest BCUT2D eigenvalue weighted by Crippen LogP contribution is -2.28. The largest absolute Gasteiger partial charge is 0.326 e. The molecular weight excluding hydrogens is 356 g/mol. The summed E-state index contributed by atoms with van der Waals surface area (Å²) in [4.78, 5) is 27.7. The molecule has 0 radical (unpaired) electrons. The second kappa shape index (κ2) is 8.26. The van der Waals surface area contributed by atoms with Crippen LogP contribution in [0.15, 0.2) is 35.7 Å². The smallest absolute Gasteiger partial charge is 0.268 e. The number of hydrogen-bond donors (Lipinski definition) is 1. The van der Waals surface area contributed by atoms with E-state index in [1.54, 1.807) is 0 Å². The van der Waals surface area contributed by atoms with Crippen LogP contribution in [0.25, 0.3) is 0 Å². The summed E-state index contributed by atoms with van der Waals surface area (Å²) in [6.45, 7) is 0.700. The number of fused-ring (bicyclic) bond motifs is 1. The summed E-state index contributed by atoms with van der Waals surface area (Å²) in [5, 5.41) is 4.95. The minimum absolute atomic E-state index is 0.0459. The highest BCUT2D eigenvalue weighted by molar-refractivity contribution is 7.12. The van der Waals surface area contributed by atoms with Crippen molar-refractivity contribution < 1.29 is 9.59 Å². The summed E-state index contributed by atoms with van der Waals surface area (Å²) in [6, 6.07) is 9.70. The monoisotopic (exact) mass is 382 g/mol. The van der Waals surface area contributed by atoms with E-state index in [2.05, 4.69) is 5.32 Å². The Morgan fingerprint density at radius 1 is 1.15 bits per heavy atom. The highest BCUT2D eigenvalue weighted by Gasteiger charge is 2.26. The molecule has 5 heteroatoms. The normalized spacial score (nSPS) is 17.0. The number of rotatable bonds is 5. The predicted molar refractivity (Wildman–Crippen MR) is 111 cm³/mol. The van der Waals surface area contributed by atoms with Crippen molar-refractivity contribution in [2.24, 2.45) is 5.92 Å². The molecule has 0 saturated heterocycles. The van der Waals surface area contributed by atoms with Crippen LogP contribution in [0.3, 0.4) is 0 Å². The molecule has 2 aliphatic rings. The maximum Gasteiger partial charge on any atom is 0.268 e. The Balaban J connectivity index is 1.39. The second-order valence-corrected chi connectivity index (χ2v) is 8.57. The summed E-state index contributed by atoms with van der Waals surface area (Å²) in [7, 11) is 0. The highest BCUT2D eigenvalue weighted by atomic mass is 32.1. The summed E-state index contributed by atoms with van der Waals surface area (Å²) in [6.07, 6.45) is 8.94. The van der Waals surface area contributed by atoms with Crippen LogP contribution >= 0.6 is 11.3 Å². The molecule has 0 spiro atoms. The second-order valence-electron chi connectivity index (χ2n) is 7.62. The Morgan fingerprint density at radius 2 is 2.00 bits per heavy atom. The molecule has 27 heavy (non-hydrogen) atoms. The topological polar surface area (TPSA) is 49.4 Å². The number of nitrogens with zero attached hydrogens (tertiary/aromatic N) is 1. The number of carbonyl (C=O) groups is 2. The van der Waals surface area contributed by atoms with Crippen LogP contribution in [-0.2, 0) is 11.2 Å². The van der Waals surface area contributed by atoms with E-state index in [0.29, 0.717) is 18.9 Å². The summed E-state index contributed by atoms with van der Waals surface area (Å²) in [5.74, 6) is 0.836. The van der Waals surface area contributed by atoms with E-state index >= 15 is 0 Å². The van der Waals surface area contributed by atoms with Crippen LogP contribution in [-0.4, -0.2) is 18.4 Å². The first-order valence-electron chi connectivity index (χ1n) is 9.99. The zero-order valence-electron chi connectivity index (χ0n) is 15.6. The van der Waals surface area contributed by atoms with E-state index in [0.717, 1.165) is 29.1 Å². The van der Waals surface area contributed by atoms with E-state index < -0.39 is 0 Å². The molecule has 1 saturated carbocycles. The third-order valence-electron chi connectivity index (χ3n) is 5.75. The van der Waals surface area contributed by atoms with Gasteiger partial charge in [-0.15, -0.1) is 11.3 Å². The van der Waals surface area contributed by atoms with Crippen LogP contribution in [0.4, 0.5) is 11.4 Å². The minimum Gasteiger partial charge on any atom is -0.326 e. The van der Waals surface area contributed by atoms with Crippen molar-refractivity contribution in [1.82, 2.24) is 0 Å². The van der Waals surface area contributed by atoms with E-state index in [1.165, 1.54) is 49.0 Å². The number of carbonyl (C=O) groups excluding carboxylic acids is 2. The fraction of sp³-hybridized carbons (Fsp3) is 0.455. The summed E-state index contributed by atoms with van der Waals surface area (Å²) >= 11 is 1.47. The number of thiophene rings is 1. The third kappa shape index (κ3) is 4.24. The standard InChI is InChI=1S/C22H26N2O2S/c25-21(11-8-16-5-2-1-3-6-16)23-18-10-9-17-12-13-24(19(17)15-18)22(26)20-7-4-14-27-20/h4,7,9-10,14-16H,1-3,5-6,8,11-13H2,(H,23,25). The molecule has 2 aromatic rings. The van der Waals surface area contributed by atoms with Gasteiger partial charge in [-0.05, 0) is 47.9 Å². The van der Waals surface area contributed by atoms with Crippen molar-refractivity contribution in [3.8, 4) is 0 Å². The van der Waals surface area contributed by atoms with Gasteiger partial charge in [0, 0.05) is 24.3 Å². The predicted octanol–water partition coefficient (Wildman–Crippen LogP) is 5.25. The fourth-order valence-electron chi connectivity index (χ4n) is 4.24. The molecule has 1 aliphatic heterocycles. The maximum absolute atomic E-state index is 12.7. The van der Waals surface area contributed by atoms with Gasteiger partial charge in [0.2, 0.25) is 5.91 Å². The molecule has 1 aromatic heterocycles. The number of amides is 2. The van der Waals surface area contributed by atoms with Crippen molar-refractivity contribution in [3.05, 3.63) is 46.2 Å². The van der Waals surface area contributed by atoms with Gasteiger partial charge >= 0.3 is 0 Å². The van der Waals surface area contributed by atoms with E-state index in [9.17, 15) is 9.59 Å². The third-order valence-corrected chi connectivity index (χ3v) is 6.60. The Morgan fingerprint density at radius 3 is 2.78 bits per heavy atom. The minimum atomic E-state index is 0.0459. The first-order valence-corrected chi connectivity index (χ1v) is 10.9. The zero-order chi connectivity index (χ0) is 18.6. The highest BCUT2D eigenvalue weighted by Crippen LogP contribution is 2.33. The van der Waals surface area contributed by atoms with Crippen LogP contribution in [0.5, 0.6) is 0 Å². The molecule has 1 N–H and O–H groups in total. The van der Waals surface area contributed by atoms with Crippen molar-refractivity contribution in [2.75, 3.05) is 16.8 Å². The number of benzene rings is 1. The lowest BCUT2D eigenvalue weighted by atomic mass is 9.86. The quantitative estimate of drug-likeness (QED) is 0.768. The van der Waals surface area contributed by atoms with Crippen LogP contribution in [0, 0.1) is 5.92 Å². The molecule has 0 unspecified atom stereocenters. The van der Waals surface area contributed by atoms with Gasteiger partial charge in [-0.3, -0.25) is 9.59 Å². The lowest BCUT2D eigenvalue weighted by molar-refractivity contribution is -0.116. The Bertz CT molecular complexity index is 810. The number of nitrogens with one attached hydrogen (secondary N) is 1. The zero-order valence-corrected chi connectivity index (χ0v) is 16.4. The van der Waals surface area contributed by atoms with E-state index in [-0.39, 0.29) is 11.8 Å². The number of hydrogen-bond acceptors (Lipinski definition) is 3. The van der Waals surface area contributed by atoms with Gasteiger partial charge in [0.1, 0.15) is 0 Å². The van der Waals surface area contributed by atoms with Gasteiger partial charge in [-0.2, -0.15) is 0 Å². The first kappa shape index (κ1) is 18.2. The number of anilines is 2. The molecule has 0 bridgehead atoms. The molecule has 1 aromatic carbocycles. The van der Waals surface area contributed by atoms with Gasteiger partial charge in [0.05, 0.1) is 4.88 Å². The van der Waals surface area contributed by atoms with E-state index in [1.807, 2.05) is 40.6 Å². The van der Waals surface area contributed by atoms with Gasteiger partial charge in [0.25, 0.3) is 5.91 Å².